The minimum absolute atomic E-state index is 0.0394. The highest BCUT2D eigenvalue weighted by Gasteiger charge is 2.32. The van der Waals surface area contributed by atoms with Crippen molar-refractivity contribution in [2.75, 3.05) is 25.9 Å². The maximum Gasteiger partial charge on any atom is 0.410 e. The zero-order valence-corrected chi connectivity index (χ0v) is 18.3. The maximum atomic E-state index is 14.8. The smallest absolute Gasteiger partial charge is 0.410 e. The lowest BCUT2D eigenvalue weighted by molar-refractivity contribution is 0.0275. The summed E-state index contributed by atoms with van der Waals surface area (Å²) in [5.74, 6) is -1.58. The standard InChI is InChI=1S/C22H25FN4O5/c1-22(2,3)32-21(29)26-9-8-14(12-26)31-19-15(23)6-5-7-16(19)27-11-13(10-24)17(25)18(27)20(28)30-4/h5-7,11,14H,8-9,12,25H2,1-4H3. The largest absolute Gasteiger partial charge is 0.483 e. The van der Waals surface area contributed by atoms with Crippen LogP contribution in [0.15, 0.2) is 24.4 Å². The van der Waals surface area contributed by atoms with E-state index in [1.165, 1.54) is 41.0 Å². The Bertz CT molecular complexity index is 1080. The van der Waals surface area contributed by atoms with Crippen LogP contribution >= 0.6 is 0 Å². The molecule has 1 amide bonds. The summed E-state index contributed by atoms with van der Waals surface area (Å²) in [5, 5.41) is 9.32. The summed E-state index contributed by atoms with van der Waals surface area (Å²) in [6, 6.07) is 6.10. The van der Waals surface area contributed by atoms with Crippen LogP contribution in [0.1, 0.15) is 43.2 Å². The molecule has 0 aliphatic carbocycles. The number of ether oxygens (including phenoxy) is 3. The summed E-state index contributed by atoms with van der Waals surface area (Å²) < 4.78 is 32.2. The predicted octanol–water partition coefficient (Wildman–Crippen LogP) is 3.25. The Balaban J connectivity index is 1.92. The van der Waals surface area contributed by atoms with E-state index < -0.39 is 29.6 Å². The Morgan fingerprint density at radius 3 is 2.66 bits per heavy atom. The molecule has 2 N–H and O–H groups in total. The van der Waals surface area contributed by atoms with Crippen molar-refractivity contribution >= 4 is 17.7 Å². The molecule has 3 rings (SSSR count). The third kappa shape index (κ3) is 4.61. The quantitative estimate of drug-likeness (QED) is 0.719. The van der Waals surface area contributed by atoms with Crippen molar-refractivity contribution in [3.63, 3.8) is 0 Å². The molecule has 0 spiro atoms. The third-order valence-electron chi connectivity index (χ3n) is 4.83. The van der Waals surface area contributed by atoms with Gasteiger partial charge in [0.1, 0.15) is 17.8 Å². The number of amides is 1. The summed E-state index contributed by atoms with van der Waals surface area (Å²) in [5.41, 5.74) is 5.34. The summed E-state index contributed by atoms with van der Waals surface area (Å²) in [4.78, 5) is 26.1. The molecule has 2 heterocycles. The second-order valence-corrected chi connectivity index (χ2v) is 8.32. The van der Waals surface area contributed by atoms with Crippen LogP contribution in [0.2, 0.25) is 0 Å². The van der Waals surface area contributed by atoms with Crippen molar-refractivity contribution < 1.29 is 28.2 Å². The first kappa shape index (κ1) is 22.9. The number of hydrogen-bond donors (Lipinski definition) is 1. The van der Waals surface area contributed by atoms with Gasteiger partial charge in [0, 0.05) is 19.2 Å². The number of rotatable bonds is 4. The molecule has 9 nitrogen and oxygen atoms in total. The first-order valence-corrected chi connectivity index (χ1v) is 9.98. The van der Waals surface area contributed by atoms with Gasteiger partial charge in [0.2, 0.25) is 0 Å². The predicted molar refractivity (Wildman–Crippen MR) is 113 cm³/mol. The zero-order chi connectivity index (χ0) is 23.6. The Labute approximate surface area is 185 Å². The SMILES string of the molecule is COC(=O)c1c(N)c(C#N)cn1-c1cccc(F)c1OC1CCN(C(=O)OC(C)(C)C)C1. The van der Waals surface area contributed by atoms with E-state index in [0.717, 1.165) is 0 Å². The van der Waals surface area contributed by atoms with Crippen LogP contribution in [-0.2, 0) is 9.47 Å². The van der Waals surface area contributed by atoms with Crippen molar-refractivity contribution in [2.45, 2.75) is 38.9 Å². The Hall–Kier alpha value is -3.74. The van der Waals surface area contributed by atoms with Crippen LogP contribution < -0.4 is 10.5 Å². The molecule has 1 unspecified atom stereocenters. The van der Waals surface area contributed by atoms with Crippen molar-refractivity contribution in [1.82, 2.24) is 9.47 Å². The summed E-state index contributed by atoms with van der Waals surface area (Å²) in [6.45, 7) is 5.93. The number of nitrogens with zero attached hydrogens (tertiary/aromatic N) is 3. The van der Waals surface area contributed by atoms with Crippen LogP contribution in [0.4, 0.5) is 14.9 Å². The van der Waals surface area contributed by atoms with E-state index in [-0.39, 0.29) is 34.9 Å². The molecule has 1 aliphatic rings. The topological polar surface area (TPSA) is 120 Å². The van der Waals surface area contributed by atoms with Gasteiger partial charge in [-0.25, -0.2) is 14.0 Å². The van der Waals surface area contributed by atoms with Gasteiger partial charge in [0.25, 0.3) is 0 Å². The molecule has 0 bridgehead atoms. The molecule has 0 radical (unpaired) electrons. The number of halogens is 1. The van der Waals surface area contributed by atoms with Crippen molar-refractivity contribution in [3.05, 3.63) is 41.5 Å². The molecule has 170 valence electrons. The van der Waals surface area contributed by atoms with Gasteiger partial charge in [0.05, 0.1) is 30.6 Å². The van der Waals surface area contributed by atoms with Gasteiger partial charge < -0.3 is 29.4 Å². The average molecular weight is 444 g/mol. The van der Waals surface area contributed by atoms with E-state index in [1.807, 2.05) is 6.07 Å². The van der Waals surface area contributed by atoms with Gasteiger partial charge in [-0.2, -0.15) is 5.26 Å². The fraction of sp³-hybridized carbons (Fsp3) is 0.409. The van der Waals surface area contributed by atoms with E-state index in [0.29, 0.717) is 13.0 Å². The third-order valence-corrected chi connectivity index (χ3v) is 4.83. The lowest BCUT2D eigenvalue weighted by Gasteiger charge is -2.24. The van der Waals surface area contributed by atoms with E-state index in [1.54, 1.807) is 20.8 Å². The number of nitrogens with two attached hydrogens (primary N) is 1. The Morgan fingerprint density at radius 2 is 2.03 bits per heavy atom. The molecular weight excluding hydrogens is 419 g/mol. The van der Waals surface area contributed by atoms with E-state index in [4.69, 9.17) is 19.9 Å². The van der Waals surface area contributed by atoms with E-state index >= 15 is 0 Å². The number of likely N-dealkylation sites (tertiary alicyclic amines) is 1. The molecule has 32 heavy (non-hydrogen) atoms. The number of anilines is 1. The van der Waals surface area contributed by atoms with Crippen LogP contribution in [0.5, 0.6) is 5.75 Å². The number of carbonyl (C=O) groups excluding carboxylic acids is 2. The monoisotopic (exact) mass is 444 g/mol. The second-order valence-electron chi connectivity index (χ2n) is 8.32. The molecule has 1 aromatic heterocycles. The van der Waals surface area contributed by atoms with Crippen LogP contribution in [-0.4, -0.2) is 53.4 Å². The molecule has 1 aromatic carbocycles. The summed E-state index contributed by atoms with van der Waals surface area (Å²) in [7, 11) is 1.18. The van der Waals surface area contributed by atoms with Crippen molar-refractivity contribution in [1.29, 1.82) is 5.26 Å². The van der Waals surface area contributed by atoms with Gasteiger partial charge in [-0.3, -0.25) is 0 Å². The molecule has 0 saturated carbocycles. The Morgan fingerprint density at radius 1 is 1.31 bits per heavy atom. The first-order chi connectivity index (χ1) is 15.1. The first-order valence-electron chi connectivity index (χ1n) is 9.98. The number of para-hydroxylation sites is 1. The molecule has 1 fully saturated rings. The average Bonchev–Trinajstić information content (AvgIpc) is 3.32. The number of benzene rings is 1. The van der Waals surface area contributed by atoms with Gasteiger partial charge >= 0.3 is 12.1 Å². The van der Waals surface area contributed by atoms with Gasteiger partial charge in [0.15, 0.2) is 17.3 Å². The fourth-order valence-corrected chi connectivity index (χ4v) is 3.39. The van der Waals surface area contributed by atoms with Gasteiger partial charge in [-0.05, 0) is 32.9 Å². The van der Waals surface area contributed by atoms with E-state index in [9.17, 15) is 19.2 Å². The van der Waals surface area contributed by atoms with Crippen molar-refractivity contribution in [3.8, 4) is 17.5 Å². The highest BCUT2D eigenvalue weighted by atomic mass is 19.1. The fourth-order valence-electron chi connectivity index (χ4n) is 3.39. The number of aromatic nitrogens is 1. The highest BCUT2D eigenvalue weighted by molar-refractivity contribution is 5.96. The number of nitriles is 1. The lowest BCUT2D eigenvalue weighted by atomic mass is 10.2. The second kappa shape index (κ2) is 8.78. The summed E-state index contributed by atoms with van der Waals surface area (Å²) >= 11 is 0. The minimum Gasteiger partial charge on any atom is -0.483 e. The molecule has 1 saturated heterocycles. The van der Waals surface area contributed by atoms with E-state index in [2.05, 4.69) is 0 Å². The van der Waals surface area contributed by atoms with Crippen molar-refractivity contribution in [2.24, 2.45) is 0 Å². The van der Waals surface area contributed by atoms with Gasteiger partial charge in [-0.1, -0.05) is 6.07 Å². The lowest BCUT2D eigenvalue weighted by Crippen LogP contribution is -2.36. The highest BCUT2D eigenvalue weighted by Crippen LogP contribution is 2.33. The zero-order valence-electron chi connectivity index (χ0n) is 18.3. The van der Waals surface area contributed by atoms with Crippen LogP contribution in [0.25, 0.3) is 5.69 Å². The molecular formula is C22H25FN4O5. The Kier molecular flexibility index (Phi) is 6.30. The number of hydrogen-bond acceptors (Lipinski definition) is 7. The molecule has 1 atom stereocenters. The van der Waals surface area contributed by atoms with Gasteiger partial charge in [-0.15, -0.1) is 0 Å². The normalized spacial score (nSPS) is 15.9. The van der Waals surface area contributed by atoms with Crippen LogP contribution in [0.3, 0.4) is 0 Å². The summed E-state index contributed by atoms with van der Waals surface area (Å²) in [6.07, 6.45) is 0.823. The molecule has 2 aromatic rings. The molecule has 10 heteroatoms. The minimum atomic E-state index is -0.781. The maximum absolute atomic E-state index is 14.8. The number of nitrogen functional groups attached to an aromatic ring is 1. The number of carbonyl (C=O) groups is 2. The number of methoxy groups -OCH3 is 1. The van der Waals surface area contributed by atoms with Crippen LogP contribution in [0, 0.1) is 17.1 Å². The number of esters is 1. The molecule has 1 aliphatic heterocycles.